The maximum atomic E-state index is 4.34. The molecule has 0 aromatic carbocycles. The third kappa shape index (κ3) is 3.45. The number of thioether (sulfide) groups is 1. The minimum atomic E-state index is 0.535. The molecule has 2 atom stereocenters. The highest BCUT2D eigenvalue weighted by molar-refractivity contribution is 8.00. The second-order valence-electron chi connectivity index (χ2n) is 4.57. The van der Waals surface area contributed by atoms with E-state index in [-0.39, 0.29) is 0 Å². The lowest BCUT2D eigenvalue weighted by atomic mass is 10.0. The predicted octanol–water partition coefficient (Wildman–Crippen LogP) is 1.62. The van der Waals surface area contributed by atoms with Gasteiger partial charge in [-0.05, 0) is 25.1 Å². The van der Waals surface area contributed by atoms with Crippen LogP contribution in [0.2, 0.25) is 0 Å². The van der Waals surface area contributed by atoms with Crippen LogP contribution in [-0.4, -0.2) is 38.4 Å². The molecule has 2 rings (SSSR count). The Morgan fingerprint density at radius 1 is 1.59 bits per heavy atom. The van der Waals surface area contributed by atoms with Crippen LogP contribution in [-0.2, 0) is 13.5 Å². The molecule has 1 N–H and O–H groups in total. The summed E-state index contributed by atoms with van der Waals surface area (Å²) in [5, 5.41) is 8.50. The molecule has 0 aliphatic carbocycles. The average Bonchev–Trinajstić information content (AvgIpc) is 2.76. The van der Waals surface area contributed by atoms with Gasteiger partial charge in [-0.2, -0.15) is 16.9 Å². The zero-order chi connectivity index (χ0) is 12.1. The summed E-state index contributed by atoms with van der Waals surface area (Å²) in [6.45, 7) is 3.21. The van der Waals surface area contributed by atoms with Crippen LogP contribution < -0.4 is 5.32 Å². The Morgan fingerprint density at radius 3 is 3.06 bits per heavy atom. The van der Waals surface area contributed by atoms with Crippen molar-refractivity contribution in [2.24, 2.45) is 7.05 Å². The van der Waals surface area contributed by atoms with E-state index in [2.05, 4.69) is 34.1 Å². The number of rotatable bonds is 5. The summed E-state index contributed by atoms with van der Waals surface area (Å²) >= 11 is 2.12. The summed E-state index contributed by atoms with van der Waals surface area (Å²) < 4.78 is 1.89. The molecular weight excluding hydrogens is 232 g/mol. The van der Waals surface area contributed by atoms with Gasteiger partial charge in [-0.3, -0.25) is 4.68 Å². The Hall–Kier alpha value is -0.550. The number of aromatic nitrogens is 3. The summed E-state index contributed by atoms with van der Waals surface area (Å²) in [5.74, 6) is 2.40. The molecule has 1 saturated heterocycles. The molecule has 17 heavy (non-hydrogen) atoms. The number of hydrogen-bond donors (Lipinski definition) is 1. The summed E-state index contributed by atoms with van der Waals surface area (Å²) in [6, 6.07) is 0.535. The Kier molecular flexibility index (Phi) is 4.86. The predicted molar refractivity (Wildman–Crippen MR) is 72.3 cm³/mol. The van der Waals surface area contributed by atoms with E-state index in [0.29, 0.717) is 6.04 Å². The van der Waals surface area contributed by atoms with Gasteiger partial charge in [-0.1, -0.05) is 13.3 Å². The van der Waals surface area contributed by atoms with Gasteiger partial charge in [0, 0.05) is 24.8 Å². The van der Waals surface area contributed by atoms with Gasteiger partial charge >= 0.3 is 0 Å². The third-order valence-corrected chi connectivity index (χ3v) is 4.85. The first-order valence-corrected chi connectivity index (χ1v) is 7.54. The zero-order valence-electron chi connectivity index (χ0n) is 10.7. The van der Waals surface area contributed by atoms with Gasteiger partial charge in [0.2, 0.25) is 0 Å². The Balaban J connectivity index is 1.98. The van der Waals surface area contributed by atoms with Crippen molar-refractivity contribution in [1.82, 2.24) is 20.1 Å². The van der Waals surface area contributed by atoms with E-state index in [1.54, 1.807) is 6.33 Å². The van der Waals surface area contributed by atoms with Crippen molar-refractivity contribution in [3.63, 3.8) is 0 Å². The van der Waals surface area contributed by atoms with Crippen molar-refractivity contribution in [2.75, 3.05) is 12.3 Å². The van der Waals surface area contributed by atoms with Crippen LogP contribution in [0.25, 0.3) is 0 Å². The van der Waals surface area contributed by atoms with Crippen molar-refractivity contribution >= 4 is 11.8 Å². The van der Waals surface area contributed by atoms with Gasteiger partial charge in [-0.15, -0.1) is 0 Å². The van der Waals surface area contributed by atoms with Crippen molar-refractivity contribution in [1.29, 1.82) is 0 Å². The molecule has 1 aliphatic rings. The van der Waals surface area contributed by atoms with Crippen molar-refractivity contribution in [2.45, 2.75) is 43.9 Å². The molecule has 1 fully saturated rings. The minimum Gasteiger partial charge on any atom is -0.313 e. The quantitative estimate of drug-likeness (QED) is 0.867. The van der Waals surface area contributed by atoms with Gasteiger partial charge in [0.05, 0.1) is 0 Å². The van der Waals surface area contributed by atoms with E-state index < -0.39 is 0 Å². The average molecular weight is 254 g/mol. The highest BCUT2D eigenvalue weighted by atomic mass is 32.2. The number of hydrogen-bond acceptors (Lipinski definition) is 4. The van der Waals surface area contributed by atoms with Crippen LogP contribution in [0.5, 0.6) is 0 Å². The molecule has 5 heteroatoms. The topological polar surface area (TPSA) is 42.7 Å². The first-order chi connectivity index (χ1) is 8.31. The molecule has 2 heterocycles. The minimum absolute atomic E-state index is 0.535. The summed E-state index contributed by atoms with van der Waals surface area (Å²) in [4.78, 5) is 4.34. The van der Waals surface area contributed by atoms with Crippen LogP contribution in [0.1, 0.15) is 32.0 Å². The molecule has 0 bridgehead atoms. The second-order valence-corrected chi connectivity index (χ2v) is 5.92. The smallest absolute Gasteiger partial charge is 0.138 e. The summed E-state index contributed by atoms with van der Waals surface area (Å²) in [7, 11) is 1.97. The van der Waals surface area contributed by atoms with Gasteiger partial charge in [0.1, 0.15) is 12.2 Å². The van der Waals surface area contributed by atoms with E-state index in [0.717, 1.165) is 24.0 Å². The van der Waals surface area contributed by atoms with Crippen LogP contribution in [0.3, 0.4) is 0 Å². The van der Waals surface area contributed by atoms with E-state index in [4.69, 9.17) is 0 Å². The van der Waals surface area contributed by atoms with E-state index in [1.807, 2.05) is 11.7 Å². The van der Waals surface area contributed by atoms with Gasteiger partial charge in [-0.25, -0.2) is 4.98 Å². The summed E-state index contributed by atoms with van der Waals surface area (Å²) in [5.41, 5.74) is 0. The van der Waals surface area contributed by atoms with Gasteiger partial charge < -0.3 is 5.32 Å². The highest BCUT2D eigenvalue weighted by Gasteiger charge is 2.24. The van der Waals surface area contributed by atoms with E-state index in [1.165, 1.54) is 25.0 Å². The normalized spacial score (nSPS) is 22.6. The van der Waals surface area contributed by atoms with Gasteiger partial charge in [0.15, 0.2) is 0 Å². The molecular formula is C12H22N4S. The van der Waals surface area contributed by atoms with Crippen molar-refractivity contribution in [3.05, 3.63) is 12.2 Å². The molecule has 0 saturated carbocycles. The molecule has 2 unspecified atom stereocenters. The first kappa shape index (κ1) is 12.9. The molecule has 4 nitrogen and oxygen atoms in total. The SMILES string of the molecule is CCNC(Cc1ncnn1C)C1CCCCS1. The second kappa shape index (κ2) is 6.40. The molecule has 1 aromatic heterocycles. The molecule has 96 valence electrons. The maximum absolute atomic E-state index is 4.34. The van der Waals surface area contributed by atoms with Crippen molar-refractivity contribution in [3.8, 4) is 0 Å². The van der Waals surface area contributed by atoms with Crippen LogP contribution >= 0.6 is 11.8 Å². The number of likely N-dealkylation sites (N-methyl/N-ethyl adjacent to an activating group) is 1. The lowest BCUT2D eigenvalue weighted by Gasteiger charge is -2.30. The highest BCUT2D eigenvalue weighted by Crippen LogP contribution is 2.28. The first-order valence-electron chi connectivity index (χ1n) is 6.49. The fourth-order valence-electron chi connectivity index (χ4n) is 2.38. The Morgan fingerprint density at radius 2 is 2.47 bits per heavy atom. The third-order valence-electron chi connectivity index (χ3n) is 3.34. The fraction of sp³-hybridized carbons (Fsp3) is 0.833. The van der Waals surface area contributed by atoms with Crippen LogP contribution in [0, 0.1) is 0 Å². The summed E-state index contributed by atoms with van der Waals surface area (Å²) in [6.07, 6.45) is 6.72. The van der Waals surface area contributed by atoms with Crippen LogP contribution in [0.4, 0.5) is 0 Å². The molecule has 1 aliphatic heterocycles. The Bertz CT molecular complexity index is 333. The van der Waals surface area contributed by atoms with Crippen LogP contribution in [0.15, 0.2) is 6.33 Å². The number of aryl methyl sites for hydroxylation is 1. The largest absolute Gasteiger partial charge is 0.313 e. The van der Waals surface area contributed by atoms with Crippen molar-refractivity contribution < 1.29 is 0 Å². The maximum Gasteiger partial charge on any atom is 0.138 e. The van der Waals surface area contributed by atoms with Gasteiger partial charge in [0.25, 0.3) is 0 Å². The molecule has 0 amide bonds. The number of nitrogens with zero attached hydrogens (tertiary/aromatic N) is 3. The number of nitrogens with one attached hydrogen (secondary N) is 1. The lowest BCUT2D eigenvalue weighted by molar-refractivity contribution is 0.457. The van der Waals surface area contributed by atoms with E-state index in [9.17, 15) is 0 Å². The molecule has 1 aromatic rings. The standard InChI is InChI=1S/C12H22N4S/c1-3-13-10(11-6-4-5-7-17-11)8-12-14-9-15-16(12)2/h9-11,13H,3-8H2,1-2H3. The molecule has 0 radical (unpaired) electrons. The molecule has 0 spiro atoms. The van der Waals surface area contributed by atoms with E-state index >= 15 is 0 Å². The zero-order valence-corrected chi connectivity index (χ0v) is 11.5. The monoisotopic (exact) mass is 254 g/mol. The lowest BCUT2D eigenvalue weighted by Crippen LogP contribution is -2.41. The fourth-order valence-corrected chi connectivity index (χ4v) is 3.81. The Labute approximate surface area is 108 Å².